The fourth-order valence-corrected chi connectivity index (χ4v) is 3.23. The van der Waals surface area contributed by atoms with Crippen molar-refractivity contribution in [2.45, 2.75) is 13.8 Å². The standard InChI is InChI=1S/C20H25N5O3/c1-14-12-15(2)22-20(21-14)25-10-8-24(9-11-25)13-18(26)23-17-7-5-4-6-16(17)19(27)28-3/h4-7,12H,8-11,13H2,1-3H3,(H,23,26). The lowest BCUT2D eigenvalue weighted by Gasteiger charge is -2.34. The third-order valence-electron chi connectivity index (χ3n) is 4.60. The Balaban J connectivity index is 1.55. The molecule has 1 aliphatic heterocycles. The van der Waals surface area contributed by atoms with Gasteiger partial charge in [-0.05, 0) is 32.0 Å². The maximum Gasteiger partial charge on any atom is 0.339 e. The van der Waals surface area contributed by atoms with E-state index >= 15 is 0 Å². The van der Waals surface area contributed by atoms with Gasteiger partial charge in [0.1, 0.15) is 0 Å². The van der Waals surface area contributed by atoms with E-state index in [4.69, 9.17) is 4.74 Å². The molecule has 1 N–H and O–H groups in total. The molecule has 8 nitrogen and oxygen atoms in total. The van der Waals surface area contributed by atoms with Gasteiger partial charge in [-0.25, -0.2) is 14.8 Å². The normalized spacial score (nSPS) is 14.6. The Morgan fingerprint density at radius 3 is 2.36 bits per heavy atom. The molecule has 8 heteroatoms. The molecule has 0 aliphatic carbocycles. The summed E-state index contributed by atoms with van der Waals surface area (Å²) in [5, 5.41) is 2.81. The molecule has 0 saturated carbocycles. The highest BCUT2D eigenvalue weighted by Gasteiger charge is 2.22. The van der Waals surface area contributed by atoms with Crippen molar-refractivity contribution >= 4 is 23.5 Å². The van der Waals surface area contributed by atoms with Crippen molar-refractivity contribution in [2.24, 2.45) is 0 Å². The van der Waals surface area contributed by atoms with E-state index in [-0.39, 0.29) is 12.5 Å². The van der Waals surface area contributed by atoms with Crippen molar-refractivity contribution in [3.63, 3.8) is 0 Å². The maximum absolute atomic E-state index is 12.4. The number of carbonyl (C=O) groups is 2. The Morgan fingerprint density at radius 1 is 1.07 bits per heavy atom. The van der Waals surface area contributed by atoms with Crippen molar-refractivity contribution in [3.8, 4) is 0 Å². The first-order valence-electron chi connectivity index (χ1n) is 9.23. The molecule has 1 saturated heterocycles. The Morgan fingerprint density at radius 2 is 1.71 bits per heavy atom. The lowest BCUT2D eigenvalue weighted by molar-refractivity contribution is -0.117. The van der Waals surface area contributed by atoms with Gasteiger partial charge in [0.15, 0.2) is 0 Å². The maximum atomic E-state index is 12.4. The number of aromatic nitrogens is 2. The van der Waals surface area contributed by atoms with Crippen molar-refractivity contribution in [2.75, 3.05) is 50.1 Å². The zero-order valence-electron chi connectivity index (χ0n) is 16.4. The molecule has 3 rings (SSSR count). The second-order valence-electron chi connectivity index (χ2n) is 6.80. The van der Waals surface area contributed by atoms with Crippen molar-refractivity contribution < 1.29 is 14.3 Å². The van der Waals surface area contributed by atoms with Gasteiger partial charge in [-0.3, -0.25) is 9.69 Å². The summed E-state index contributed by atoms with van der Waals surface area (Å²) >= 11 is 0. The number of amides is 1. The number of ether oxygens (including phenoxy) is 1. The zero-order chi connectivity index (χ0) is 20.1. The number of methoxy groups -OCH3 is 1. The Kier molecular flexibility index (Phi) is 6.20. The number of aryl methyl sites for hydroxylation is 2. The number of anilines is 2. The van der Waals surface area contributed by atoms with Gasteiger partial charge in [-0.15, -0.1) is 0 Å². The number of nitrogens with zero attached hydrogens (tertiary/aromatic N) is 4. The van der Waals surface area contributed by atoms with E-state index < -0.39 is 5.97 Å². The van der Waals surface area contributed by atoms with Crippen molar-refractivity contribution in [1.29, 1.82) is 0 Å². The molecular weight excluding hydrogens is 358 g/mol. The van der Waals surface area contributed by atoms with E-state index in [2.05, 4.69) is 25.1 Å². The minimum Gasteiger partial charge on any atom is -0.465 e. The summed E-state index contributed by atoms with van der Waals surface area (Å²) in [7, 11) is 1.32. The topological polar surface area (TPSA) is 87.7 Å². The third-order valence-corrected chi connectivity index (χ3v) is 4.60. The van der Waals surface area contributed by atoms with Crippen LogP contribution in [0.25, 0.3) is 0 Å². The minimum atomic E-state index is -0.474. The lowest BCUT2D eigenvalue weighted by Crippen LogP contribution is -2.49. The summed E-state index contributed by atoms with van der Waals surface area (Å²) < 4.78 is 4.76. The second kappa shape index (κ2) is 8.79. The van der Waals surface area contributed by atoms with Crippen LogP contribution in [0.1, 0.15) is 21.7 Å². The highest BCUT2D eigenvalue weighted by molar-refractivity contribution is 6.01. The molecule has 1 aromatic heterocycles. The van der Waals surface area contributed by atoms with Crippen LogP contribution in [-0.2, 0) is 9.53 Å². The predicted octanol–water partition coefficient (Wildman–Crippen LogP) is 1.64. The number of piperazine rings is 1. The first kappa shape index (κ1) is 19.8. The van der Waals surface area contributed by atoms with Crippen LogP contribution in [0.3, 0.4) is 0 Å². The quantitative estimate of drug-likeness (QED) is 0.786. The molecule has 148 valence electrons. The first-order valence-corrected chi connectivity index (χ1v) is 9.23. The van der Waals surface area contributed by atoms with Gasteiger partial charge in [0.25, 0.3) is 0 Å². The molecule has 1 aromatic carbocycles. The summed E-state index contributed by atoms with van der Waals surface area (Å²) in [5.74, 6) is 0.110. The summed E-state index contributed by atoms with van der Waals surface area (Å²) in [6, 6.07) is 8.78. The van der Waals surface area contributed by atoms with E-state index in [0.717, 1.165) is 43.5 Å². The fourth-order valence-electron chi connectivity index (χ4n) is 3.23. The predicted molar refractivity (Wildman–Crippen MR) is 107 cm³/mol. The molecule has 28 heavy (non-hydrogen) atoms. The van der Waals surface area contributed by atoms with Gasteiger partial charge in [-0.1, -0.05) is 12.1 Å². The molecule has 0 unspecified atom stereocenters. The minimum absolute atomic E-state index is 0.160. The van der Waals surface area contributed by atoms with Crippen molar-refractivity contribution in [3.05, 3.63) is 47.3 Å². The molecule has 2 aromatic rings. The van der Waals surface area contributed by atoms with E-state index in [1.54, 1.807) is 24.3 Å². The number of carbonyl (C=O) groups excluding carboxylic acids is 2. The highest BCUT2D eigenvalue weighted by atomic mass is 16.5. The van der Waals surface area contributed by atoms with Crippen LogP contribution in [0.2, 0.25) is 0 Å². The van der Waals surface area contributed by atoms with Gasteiger partial charge in [0, 0.05) is 37.6 Å². The van der Waals surface area contributed by atoms with Crippen LogP contribution in [-0.4, -0.2) is 66.6 Å². The van der Waals surface area contributed by atoms with Crippen LogP contribution >= 0.6 is 0 Å². The summed E-state index contributed by atoms with van der Waals surface area (Å²) in [6.45, 7) is 7.18. The van der Waals surface area contributed by atoms with Crippen LogP contribution in [0.5, 0.6) is 0 Å². The van der Waals surface area contributed by atoms with E-state index in [9.17, 15) is 9.59 Å². The van der Waals surface area contributed by atoms with Crippen LogP contribution in [0.15, 0.2) is 30.3 Å². The fraction of sp³-hybridized carbons (Fsp3) is 0.400. The Hall–Kier alpha value is -3.00. The van der Waals surface area contributed by atoms with Crippen LogP contribution in [0, 0.1) is 13.8 Å². The third kappa shape index (κ3) is 4.83. The van der Waals surface area contributed by atoms with E-state index in [1.807, 2.05) is 19.9 Å². The van der Waals surface area contributed by atoms with Crippen LogP contribution < -0.4 is 10.2 Å². The highest BCUT2D eigenvalue weighted by Crippen LogP contribution is 2.17. The van der Waals surface area contributed by atoms with Gasteiger partial charge in [0.2, 0.25) is 11.9 Å². The largest absolute Gasteiger partial charge is 0.465 e. The van der Waals surface area contributed by atoms with Gasteiger partial charge in [-0.2, -0.15) is 0 Å². The van der Waals surface area contributed by atoms with Gasteiger partial charge < -0.3 is 15.0 Å². The molecule has 1 fully saturated rings. The van der Waals surface area contributed by atoms with E-state index in [0.29, 0.717) is 11.3 Å². The summed E-state index contributed by atoms with van der Waals surface area (Å²) in [5.41, 5.74) is 2.71. The first-order chi connectivity index (χ1) is 13.5. The number of esters is 1. The molecule has 0 bridgehead atoms. The van der Waals surface area contributed by atoms with E-state index in [1.165, 1.54) is 7.11 Å². The number of hydrogen-bond donors (Lipinski definition) is 1. The molecular formula is C20H25N5O3. The molecule has 0 radical (unpaired) electrons. The number of benzene rings is 1. The van der Waals surface area contributed by atoms with Gasteiger partial charge in [0.05, 0.1) is 24.9 Å². The smallest absolute Gasteiger partial charge is 0.339 e. The summed E-state index contributed by atoms with van der Waals surface area (Å²) in [6.07, 6.45) is 0. The molecule has 2 heterocycles. The Bertz CT molecular complexity index is 842. The molecule has 0 spiro atoms. The number of rotatable bonds is 5. The van der Waals surface area contributed by atoms with Crippen LogP contribution in [0.4, 0.5) is 11.6 Å². The monoisotopic (exact) mass is 383 g/mol. The molecule has 0 atom stereocenters. The second-order valence-corrected chi connectivity index (χ2v) is 6.80. The Labute approximate surface area is 164 Å². The average molecular weight is 383 g/mol. The molecule has 1 aliphatic rings. The average Bonchev–Trinajstić information content (AvgIpc) is 2.67. The SMILES string of the molecule is COC(=O)c1ccccc1NC(=O)CN1CCN(c2nc(C)cc(C)n2)CC1. The van der Waals surface area contributed by atoms with Crippen molar-refractivity contribution in [1.82, 2.24) is 14.9 Å². The number of para-hydroxylation sites is 1. The number of nitrogens with one attached hydrogen (secondary N) is 1. The number of hydrogen-bond acceptors (Lipinski definition) is 7. The van der Waals surface area contributed by atoms with Gasteiger partial charge >= 0.3 is 5.97 Å². The molecule has 1 amide bonds. The summed E-state index contributed by atoms with van der Waals surface area (Å²) in [4.78, 5) is 37.5. The zero-order valence-corrected chi connectivity index (χ0v) is 16.4. The lowest BCUT2D eigenvalue weighted by atomic mass is 10.2.